The number of benzene rings is 1. The van der Waals surface area contributed by atoms with Crippen LogP contribution < -0.4 is 19.9 Å². The molecule has 1 heterocycles. The van der Waals surface area contributed by atoms with Crippen LogP contribution in [0, 0.1) is 0 Å². The van der Waals surface area contributed by atoms with Crippen LogP contribution in [0.3, 0.4) is 0 Å². The molecule has 6 nitrogen and oxygen atoms in total. The van der Waals surface area contributed by atoms with Gasteiger partial charge >= 0.3 is 0 Å². The lowest BCUT2D eigenvalue weighted by molar-refractivity contribution is 0.227. The zero-order valence-electron chi connectivity index (χ0n) is 12.0. The van der Waals surface area contributed by atoms with Gasteiger partial charge in [0.05, 0.1) is 25.9 Å². The summed E-state index contributed by atoms with van der Waals surface area (Å²) in [6, 6.07) is 5.23. The zero-order valence-corrected chi connectivity index (χ0v) is 12.0. The lowest BCUT2D eigenvalue weighted by Gasteiger charge is -2.18. The SMILES string of the molecule is COc1ccc(-c2cc(N)no2)c(OC(C)C)c1OC. The van der Waals surface area contributed by atoms with E-state index in [-0.39, 0.29) is 6.10 Å². The number of hydrogen-bond donors (Lipinski definition) is 1. The first-order chi connectivity index (χ1) is 9.56. The third kappa shape index (κ3) is 2.64. The first-order valence-electron chi connectivity index (χ1n) is 6.21. The molecule has 0 spiro atoms. The normalized spacial score (nSPS) is 10.7. The Morgan fingerprint density at radius 3 is 2.40 bits per heavy atom. The average Bonchev–Trinajstić information content (AvgIpc) is 2.84. The van der Waals surface area contributed by atoms with Gasteiger partial charge in [-0.15, -0.1) is 0 Å². The number of aromatic nitrogens is 1. The van der Waals surface area contributed by atoms with Crippen molar-refractivity contribution in [1.82, 2.24) is 5.16 Å². The Hall–Kier alpha value is -2.37. The minimum atomic E-state index is -0.0324. The minimum absolute atomic E-state index is 0.0324. The fourth-order valence-electron chi connectivity index (χ4n) is 1.86. The molecule has 0 saturated carbocycles. The fraction of sp³-hybridized carbons (Fsp3) is 0.357. The van der Waals surface area contributed by atoms with E-state index in [4.69, 9.17) is 24.5 Å². The number of hydrogen-bond acceptors (Lipinski definition) is 6. The summed E-state index contributed by atoms with van der Waals surface area (Å²) in [5.74, 6) is 2.45. The second-order valence-corrected chi connectivity index (χ2v) is 4.46. The molecule has 108 valence electrons. The highest BCUT2D eigenvalue weighted by Gasteiger charge is 2.21. The number of nitrogens with two attached hydrogens (primary N) is 1. The minimum Gasteiger partial charge on any atom is -0.493 e. The van der Waals surface area contributed by atoms with E-state index in [0.717, 1.165) is 0 Å². The van der Waals surface area contributed by atoms with E-state index < -0.39 is 0 Å². The summed E-state index contributed by atoms with van der Waals surface area (Å²) in [6.07, 6.45) is -0.0324. The molecule has 2 aromatic rings. The number of rotatable bonds is 5. The van der Waals surface area contributed by atoms with Crippen LogP contribution in [0.5, 0.6) is 17.2 Å². The molecule has 0 aliphatic carbocycles. The lowest BCUT2D eigenvalue weighted by atomic mass is 10.1. The molecule has 2 N–H and O–H groups in total. The van der Waals surface area contributed by atoms with E-state index in [1.807, 2.05) is 19.9 Å². The van der Waals surface area contributed by atoms with Crippen LogP contribution in [0.25, 0.3) is 11.3 Å². The molecule has 0 fully saturated rings. The second kappa shape index (κ2) is 5.73. The quantitative estimate of drug-likeness (QED) is 0.905. The van der Waals surface area contributed by atoms with E-state index in [0.29, 0.717) is 34.4 Å². The Bertz CT molecular complexity index is 593. The largest absolute Gasteiger partial charge is 0.493 e. The number of methoxy groups -OCH3 is 2. The number of nitrogen functional groups attached to an aromatic ring is 1. The average molecular weight is 278 g/mol. The third-order valence-corrected chi connectivity index (χ3v) is 2.65. The van der Waals surface area contributed by atoms with Crippen LogP contribution in [-0.4, -0.2) is 25.5 Å². The molecule has 6 heteroatoms. The van der Waals surface area contributed by atoms with Gasteiger partial charge in [-0.25, -0.2) is 0 Å². The molecule has 1 aromatic carbocycles. The van der Waals surface area contributed by atoms with Crippen molar-refractivity contribution < 1.29 is 18.7 Å². The van der Waals surface area contributed by atoms with Crippen molar-refractivity contribution in [1.29, 1.82) is 0 Å². The van der Waals surface area contributed by atoms with Crippen LogP contribution in [0.4, 0.5) is 5.82 Å². The van der Waals surface area contributed by atoms with Crippen molar-refractivity contribution in [3.8, 4) is 28.6 Å². The summed E-state index contributed by atoms with van der Waals surface area (Å²) >= 11 is 0. The Morgan fingerprint density at radius 1 is 1.15 bits per heavy atom. The van der Waals surface area contributed by atoms with Crippen molar-refractivity contribution in [2.45, 2.75) is 20.0 Å². The van der Waals surface area contributed by atoms with Gasteiger partial charge in [0.1, 0.15) is 0 Å². The van der Waals surface area contributed by atoms with Crippen molar-refractivity contribution in [3.63, 3.8) is 0 Å². The molecule has 0 saturated heterocycles. The van der Waals surface area contributed by atoms with Gasteiger partial charge in [-0.3, -0.25) is 0 Å². The molecule has 0 amide bonds. The van der Waals surface area contributed by atoms with E-state index in [1.54, 1.807) is 26.4 Å². The van der Waals surface area contributed by atoms with E-state index in [1.165, 1.54) is 0 Å². The summed E-state index contributed by atoms with van der Waals surface area (Å²) in [7, 11) is 3.13. The molecule has 0 atom stereocenters. The van der Waals surface area contributed by atoms with Crippen molar-refractivity contribution in [3.05, 3.63) is 18.2 Å². The predicted molar refractivity (Wildman–Crippen MR) is 75.2 cm³/mol. The maximum atomic E-state index is 5.84. The monoisotopic (exact) mass is 278 g/mol. The van der Waals surface area contributed by atoms with Gasteiger partial charge in [-0.05, 0) is 26.0 Å². The number of anilines is 1. The third-order valence-electron chi connectivity index (χ3n) is 2.65. The van der Waals surface area contributed by atoms with E-state index in [2.05, 4.69) is 5.16 Å². The maximum absolute atomic E-state index is 5.84. The van der Waals surface area contributed by atoms with Gasteiger partial charge in [0.25, 0.3) is 0 Å². The highest BCUT2D eigenvalue weighted by molar-refractivity contribution is 5.74. The summed E-state index contributed by atoms with van der Waals surface area (Å²) in [5.41, 5.74) is 6.30. The van der Waals surface area contributed by atoms with Crippen molar-refractivity contribution >= 4 is 5.82 Å². The molecule has 0 aliphatic heterocycles. The van der Waals surface area contributed by atoms with Gasteiger partial charge in [0.15, 0.2) is 23.1 Å². The fourth-order valence-corrected chi connectivity index (χ4v) is 1.86. The molecule has 1 aromatic heterocycles. The van der Waals surface area contributed by atoms with Crippen LogP contribution >= 0.6 is 0 Å². The Labute approximate surface area is 117 Å². The van der Waals surface area contributed by atoms with Gasteiger partial charge in [-0.1, -0.05) is 5.16 Å². The standard InChI is InChI=1S/C14H18N2O4/c1-8(2)19-13-9(11-7-12(15)16-20-11)5-6-10(17-3)14(13)18-4/h5-8H,1-4H3,(H2,15,16). The highest BCUT2D eigenvalue weighted by Crippen LogP contribution is 2.45. The number of ether oxygens (including phenoxy) is 3. The topological polar surface area (TPSA) is 79.7 Å². The smallest absolute Gasteiger partial charge is 0.204 e. The van der Waals surface area contributed by atoms with Crippen molar-refractivity contribution in [2.75, 3.05) is 20.0 Å². The van der Waals surface area contributed by atoms with E-state index >= 15 is 0 Å². The molecule has 0 aliphatic rings. The van der Waals surface area contributed by atoms with Gasteiger partial charge in [0.2, 0.25) is 5.75 Å². The van der Waals surface area contributed by atoms with Crippen molar-refractivity contribution in [2.24, 2.45) is 0 Å². The predicted octanol–water partition coefficient (Wildman–Crippen LogP) is 2.73. The maximum Gasteiger partial charge on any atom is 0.204 e. The van der Waals surface area contributed by atoms with Crippen LogP contribution in [0.2, 0.25) is 0 Å². The second-order valence-electron chi connectivity index (χ2n) is 4.46. The summed E-state index contributed by atoms with van der Waals surface area (Å²) in [5, 5.41) is 3.69. The molecule has 0 bridgehead atoms. The molecule has 20 heavy (non-hydrogen) atoms. The molecule has 0 unspecified atom stereocenters. The molecule has 2 rings (SSSR count). The lowest BCUT2D eigenvalue weighted by Crippen LogP contribution is -2.08. The van der Waals surface area contributed by atoms with Gasteiger partial charge in [0, 0.05) is 6.07 Å². The summed E-state index contributed by atoms with van der Waals surface area (Å²) in [6.45, 7) is 3.86. The van der Waals surface area contributed by atoms with Gasteiger partial charge in [-0.2, -0.15) is 0 Å². The molecular weight excluding hydrogens is 260 g/mol. The van der Waals surface area contributed by atoms with Crippen LogP contribution in [0.1, 0.15) is 13.8 Å². The first-order valence-corrected chi connectivity index (χ1v) is 6.21. The number of nitrogens with zero attached hydrogens (tertiary/aromatic N) is 1. The summed E-state index contributed by atoms with van der Waals surface area (Å²) < 4.78 is 21.7. The van der Waals surface area contributed by atoms with Crippen LogP contribution in [0.15, 0.2) is 22.7 Å². The van der Waals surface area contributed by atoms with E-state index in [9.17, 15) is 0 Å². The summed E-state index contributed by atoms with van der Waals surface area (Å²) in [4.78, 5) is 0. The Kier molecular flexibility index (Phi) is 4.02. The zero-order chi connectivity index (χ0) is 14.7. The Morgan fingerprint density at radius 2 is 1.90 bits per heavy atom. The first kappa shape index (κ1) is 14.0. The highest BCUT2D eigenvalue weighted by atomic mass is 16.5. The molecular formula is C14H18N2O4. The van der Waals surface area contributed by atoms with Gasteiger partial charge < -0.3 is 24.5 Å². The molecule has 0 radical (unpaired) electrons. The van der Waals surface area contributed by atoms with Crippen LogP contribution in [-0.2, 0) is 0 Å². The Balaban J connectivity index is 2.61.